The number of aliphatic carboxylic acids is 1. The van der Waals surface area contributed by atoms with E-state index in [9.17, 15) is 24.3 Å². The van der Waals surface area contributed by atoms with Crippen LogP contribution in [0.3, 0.4) is 0 Å². The number of nitrogens with one attached hydrogen (secondary N) is 5. The molecule has 12 nitrogen and oxygen atoms in total. The predicted molar refractivity (Wildman–Crippen MR) is 176 cm³/mol. The maximum absolute atomic E-state index is 13.9. The summed E-state index contributed by atoms with van der Waals surface area (Å²) in [6.45, 7) is 0. The molecular weight excluding hydrogens is 598 g/mol. The lowest BCUT2D eigenvalue weighted by Crippen LogP contribution is -2.58. The Hall–Kier alpha value is -5.75. The standard InChI is InChI=1S/C35H37N7O5/c36-27(17-24-19-38-28-14-8-7-13-26(24)28)32(43)40-29(15-22-9-3-1-4-10-22)33(44)41-30(18-25-20-37-21-39-25)34(45)42-31(35(46)47)16-23-11-5-2-6-12-23/h1-14,19-21,27,29-31,38H,15-18,36H2,(H,37,39)(H,40,43)(H,41,44)(H,42,45)(H,46,47). The first-order valence-corrected chi connectivity index (χ1v) is 15.3. The Morgan fingerprint density at radius 2 is 1.23 bits per heavy atom. The second-order valence-electron chi connectivity index (χ2n) is 11.4. The molecule has 5 aromatic rings. The molecule has 0 saturated carbocycles. The molecule has 5 rings (SSSR count). The summed E-state index contributed by atoms with van der Waals surface area (Å²) in [6.07, 6.45) is 5.18. The summed E-state index contributed by atoms with van der Waals surface area (Å²) < 4.78 is 0. The van der Waals surface area contributed by atoms with Crippen LogP contribution in [0.25, 0.3) is 10.9 Å². The van der Waals surface area contributed by atoms with E-state index in [1.165, 1.54) is 12.5 Å². The third-order valence-electron chi connectivity index (χ3n) is 7.88. The first-order valence-electron chi connectivity index (χ1n) is 15.3. The van der Waals surface area contributed by atoms with Crippen molar-refractivity contribution in [3.8, 4) is 0 Å². The average Bonchev–Trinajstić information content (AvgIpc) is 3.75. The van der Waals surface area contributed by atoms with Crippen LogP contribution in [0.4, 0.5) is 0 Å². The minimum atomic E-state index is -1.24. The van der Waals surface area contributed by atoms with E-state index in [0.717, 1.165) is 27.6 Å². The summed E-state index contributed by atoms with van der Waals surface area (Å²) in [5.74, 6) is -3.07. The van der Waals surface area contributed by atoms with E-state index in [1.54, 1.807) is 24.3 Å². The lowest BCUT2D eigenvalue weighted by Gasteiger charge is -2.25. The minimum absolute atomic E-state index is 0.00132. The quantitative estimate of drug-likeness (QED) is 0.0914. The van der Waals surface area contributed by atoms with Gasteiger partial charge in [0.15, 0.2) is 0 Å². The molecule has 4 atom stereocenters. The molecule has 3 aromatic carbocycles. The van der Waals surface area contributed by atoms with Crippen LogP contribution in [0.2, 0.25) is 0 Å². The molecular formula is C35H37N7O5. The Bertz CT molecular complexity index is 1790. The van der Waals surface area contributed by atoms with Gasteiger partial charge >= 0.3 is 5.97 Å². The number of hydrogen-bond donors (Lipinski definition) is 7. The number of H-pyrrole nitrogens is 2. The molecule has 2 heterocycles. The van der Waals surface area contributed by atoms with Gasteiger partial charge in [-0.1, -0.05) is 78.9 Å². The van der Waals surface area contributed by atoms with Crippen LogP contribution in [-0.4, -0.2) is 67.9 Å². The van der Waals surface area contributed by atoms with E-state index >= 15 is 0 Å². The van der Waals surface area contributed by atoms with E-state index in [2.05, 4.69) is 30.9 Å². The van der Waals surface area contributed by atoms with Gasteiger partial charge in [0.2, 0.25) is 17.7 Å². The smallest absolute Gasteiger partial charge is 0.326 e. The number of aromatic amines is 2. The number of rotatable bonds is 15. The first-order chi connectivity index (χ1) is 22.8. The van der Waals surface area contributed by atoms with Gasteiger partial charge in [0.1, 0.15) is 18.1 Å². The van der Waals surface area contributed by atoms with Crippen LogP contribution in [0.1, 0.15) is 22.4 Å². The van der Waals surface area contributed by atoms with Gasteiger partial charge in [-0.2, -0.15) is 0 Å². The van der Waals surface area contributed by atoms with Gasteiger partial charge in [0.25, 0.3) is 0 Å². The van der Waals surface area contributed by atoms with Crippen LogP contribution in [0.5, 0.6) is 0 Å². The second-order valence-corrected chi connectivity index (χ2v) is 11.4. The monoisotopic (exact) mass is 635 g/mol. The van der Waals surface area contributed by atoms with Gasteiger partial charge in [0.05, 0.1) is 12.4 Å². The van der Waals surface area contributed by atoms with E-state index in [0.29, 0.717) is 5.69 Å². The number of benzene rings is 3. The van der Waals surface area contributed by atoms with E-state index in [1.807, 2.05) is 66.9 Å². The zero-order chi connectivity index (χ0) is 33.2. The Kier molecular flexibility index (Phi) is 10.8. The Labute approximate surface area is 271 Å². The van der Waals surface area contributed by atoms with Crippen LogP contribution >= 0.6 is 0 Å². The van der Waals surface area contributed by atoms with Crippen molar-refractivity contribution in [3.63, 3.8) is 0 Å². The first kappa shape index (κ1) is 32.6. The summed E-state index contributed by atoms with van der Waals surface area (Å²) in [4.78, 5) is 63.0. The fraction of sp³-hybridized carbons (Fsp3) is 0.229. The molecule has 0 aliphatic heterocycles. The van der Waals surface area contributed by atoms with Gasteiger partial charge in [-0.3, -0.25) is 14.4 Å². The molecule has 0 saturated heterocycles. The van der Waals surface area contributed by atoms with Crippen molar-refractivity contribution in [2.75, 3.05) is 0 Å². The number of fused-ring (bicyclic) bond motifs is 1. The van der Waals surface area contributed by atoms with Crippen molar-refractivity contribution in [1.82, 2.24) is 30.9 Å². The average molecular weight is 636 g/mol. The number of carbonyl (C=O) groups excluding carboxylic acids is 3. The highest BCUT2D eigenvalue weighted by Gasteiger charge is 2.31. The Morgan fingerprint density at radius 1 is 0.681 bits per heavy atom. The zero-order valence-corrected chi connectivity index (χ0v) is 25.6. The SMILES string of the molecule is NC(Cc1c[nH]c2ccccc12)C(=O)NC(Cc1ccccc1)C(=O)NC(Cc1cnc[nH]1)C(=O)NC(Cc1ccccc1)C(=O)O. The molecule has 0 spiro atoms. The number of hydrogen-bond acceptors (Lipinski definition) is 6. The van der Waals surface area contributed by atoms with Crippen molar-refractivity contribution in [2.45, 2.75) is 49.9 Å². The zero-order valence-electron chi connectivity index (χ0n) is 25.6. The number of imidazole rings is 1. The fourth-order valence-corrected chi connectivity index (χ4v) is 5.39. The molecule has 242 valence electrons. The molecule has 8 N–H and O–H groups in total. The molecule has 47 heavy (non-hydrogen) atoms. The number of nitrogens with two attached hydrogens (primary N) is 1. The van der Waals surface area contributed by atoms with Crippen molar-refractivity contribution in [2.24, 2.45) is 5.73 Å². The largest absolute Gasteiger partial charge is 0.480 e. The summed E-state index contributed by atoms with van der Waals surface area (Å²) in [5, 5.41) is 18.9. The third kappa shape index (κ3) is 8.92. The van der Waals surface area contributed by atoms with E-state index in [4.69, 9.17) is 5.73 Å². The number of para-hydroxylation sites is 1. The van der Waals surface area contributed by atoms with Gasteiger partial charge in [0, 0.05) is 48.3 Å². The molecule has 0 aliphatic carbocycles. The highest BCUT2D eigenvalue weighted by molar-refractivity contribution is 5.94. The van der Waals surface area contributed by atoms with Crippen LogP contribution in [-0.2, 0) is 44.9 Å². The summed E-state index contributed by atoms with van der Waals surface area (Å²) >= 11 is 0. The second kappa shape index (κ2) is 15.5. The van der Waals surface area contributed by atoms with Crippen molar-refractivity contribution >= 4 is 34.6 Å². The summed E-state index contributed by atoms with van der Waals surface area (Å²) in [6, 6.07) is 21.3. The topological polar surface area (TPSA) is 195 Å². The highest BCUT2D eigenvalue weighted by atomic mass is 16.4. The molecule has 0 bridgehead atoms. The van der Waals surface area contributed by atoms with Crippen molar-refractivity contribution in [3.05, 3.63) is 126 Å². The Balaban J connectivity index is 1.33. The molecule has 3 amide bonds. The maximum Gasteiger partial charge on any atom is 0.326 e. The number of nitrogens with zero attached hydrogens (tertiary/aromatic N) is 1. The molecule has 12 heteroatoms. The molecule has 0 aliphatic rings. The van der Waals surface area contributed by atoms with Gasteiger partial charge in [-0.05, 0) is 29.2 Å². The molecule has 4 unspecified atom stereocenters. The number of carbonyl (C=O) groups is 4. The lowest BCUT2D eigenvalue weighted by atomic mass is 10.0. The molecule has 0 fully saturated rings. The summed E-state index contributed by atoms with van der Waals surface area (Å²) in [5.41, 5.74) is 10.2. The molecule has 2 aromatic heterocycles. The number of aromatic nitrogens is 3. The van der Waals surface area contributed by atoms with Crippen LogP contribution < -0.4 is 21.7 Å². The van der Waals surface area contributed by atoms with E-state index in [-0.39, 0.29) is 25.7 Å². The van der Waals surface area contributed by atoms with Gasteiger partial charge < -0.3 is 36.8 Å². The third-order valence-corrected chi connectivity index (χ3v) is 7.88. The normalized spacial score (nSPS) is 13.6. The van der Waals surface area contributed by atoms with Gasteiger partial charge in [-0.25, -0.2) is 9.78 Å². The Morgan fingerprint density at radius 3 is 1.85 bits per heavy atom. The van der Waals surface area contributed by atoms with E-state index < -0.39 is 47.9 Å². The van der Waals surface area contributed by atoms with Crippen molar-refractivity contribution in [1.29, 1.82) is 0 Å². The summed E-state index contributed by atoms with van der Waals surface area (Å²) in [7, 11) is 0. The lowest BCUT2D eigenvalue weighted by molar-refractivity contribution is -0.142. The highest BCUT2D eigenvalue weighted by Crippen LogP contribution is 2.19. The molecule has 0 radical (unpaired) electrons. The van der Waals surface area contributed by atoms with Gasteiger partial charge in [-0.15, -0.1) is 0 Å². The fourth-order valence-electron chi connectivity index (χ4n) is 5.39. The van der Waals surface area contributed by atoms with Crippen molar-refractivity contribution < 1.29 is 24.3 Å². The minimum Gasteiger partial charge on any atom is -0.480 e. The predicted octanol–water partition coefficient (Wildman–Crippen LogP) is 2.03. The number of carboxylic acid groups (broad SMARTS) is 1. The number of amides is 3. The van der Waals surface area contributed by atoms with Crippen LogP contribution in [0, 0.1) is 0 Å². The number of carboxylic acids is 1. The van der Waals surface area contributed by atoms with Crippen LogP contribution in [0.15, 0.2) is 104 Å². The maximum atomic E-state index is 13.9.